The first-order valence-corrected chi connectivity index (χ1v) is 8.68. The summed E-state index contributed by atoms with van der Waals surface area (Å²) >= 11 is 3.31. The van der Waals surface area contributed by atoms with Crippen molar-refractivity contribution in [3.8, 4) is 0 Å². The van der Waals surface area contributed by atoms with E-state index in [2.05, 4.69) is 20.8 Å². The van der Waals surface area contributed by atoms with Crippen LogP contribution in [0.15, 0.2) is 33.6 Å². The molecule has 0 atom stereocenters. The van der Waals surface area contributed by atoms with Crippen molar-refractivity contribution in [2.75, 3.05) is 33.2 Å². The zero-order chi connectivity index (χ0) is 13.9. The molecule has 0 unspecified atom stereocenters. The van der Waals surface area contributed by atoms with Crippen LogP contribution in [-0.4, -0.2) is 50.8 Å². The van der Waals surface area contributed by atoms with E-state index in [1.165, 1.54) is 17.1 Å². The van der Waals surface area contributed by atoms with Crippen LogP contribution in [0, 0.1) is 0 Å². The highest BCUT2D eigenvalue weighted by Gasteiger charge is 2.22. The first-order valence-electron chi connectivity index (χ1n) is 6.44. The molecule has 106 valence electrons. The Morgan fingerprint density at radius 3 is 2.63 bits per heavy atom. The van der Waals surface area contributed by atoms with Gasteiger partial charge in [0.1, 0.15) is 0 Å². The Labute approximate surface area is 123 Å². The second-order valence-electron chi connectivity index (χ2n) is 4.83. The molecule has 19 heavy (non-hydrogen) atoms. The molecule has 1 fully saturated rings. The van der Waals surface area contributed by atoms with Gasteiger partial charge in [0.2, 0.25) is 10.0 Å². The van der Waals surface area contributed by atoms with Crippen molar-refractivity contribution in [3.63, 3.8) is 0 Å². The highest BCUT2D eigenvalue weighted by atomic mass is 79.9. The molecule has 0 bridgehead atoms. The Hall–Kier alpha value is -0.430. The first-order chi connectivity index (χ1) is 9.00. The van der Waals surface area contributed by atoms with Crippen molar-refractivity contribution >= 4 is 26.0 Å². The predicted molar refractivity (Wildman–Crippen MR) is 79.6 cm³/mol. The number of nitrogens with zero attached hydrogens (tertiary/aromatic N) is 2. The van der Waals surface area contributed by atoms with Gasteiger partial charge in [-0.25, -0.2) is 8.42 Å². The predicted octanol–water partition coefficient (Wildman–Crippen LogP) is 2.17. The second-order valence-corrected chi connectivity index (χ2v) is 7.79. The molecule has 1 aliphatic heterocycles. The van der Waals surface area contributed by atoms with Crippen molar-refractivity contribution in [3.05, 3.63) is 28.7 Å². The smallest absolute Gasteiger partial charge is 0.242 e. The van der Waals surface area contributed by atoms with Crippen LogP contribution < -0.4 is 0 Å². The third kappa shape index (κ3) is 3.78. The minimum absolute atomic E-state index is 0.339. The fourth-order valence-corrected chi connectivity index (χ4v) is 3.98. The van der Waals surface area contributed by atoms with E-state index in [4.69, 9.17) is 0 Å². The summed E-state index contributed by atoms with van der Waals surface area (Å²) in [6.07, 6.45) is 2.45. The monoisotopic (exact) mass is 346 g/mol. The summed E-state index contributed by atoms with van der Waals surface area (Å²) in [6.45, 7) is 3.52. The normalized spacial score (nSPS) is 17.2. The number of likely N-dealkylation sites (tertiary alicyclic amines) is 1. The van der Waals surface area contributed by atoms with Crippen LogP contribution in [0.5, 0.6) is 0 Å². The van der Waals surface area contributed by atoms with Gasteiger partial charge in [-0.3, -0.25) is 0 Å². The van der Waals surface area contributed by atoms with Crippen LogP contribution in [-0.2, 0) is 10.0 Å². The van der Waals surface area contributed by atoms with E-state index in [0.717, 1.165) is 24.1 Å². The van der Waals surface area contributed by atoms with Gasteiger partial charge in [0.25, 0.3) is 0 Å². The molecule has 0 amide bonds. The third-order valence-electron chi connectivity index (χ3n) is 3.43. The molecule has 0 spiro atoms. The fraction of sp³-hybridized carbons (Fsp3) is 0.538. The number of benzene rings is 1. The zero-order valence-corrected chi connectivity index (χ0v) is 13.5. The van der Waals surface area contributed by atoms with E-state index in [-0.39, 0.29) is 0 Å². The van der Waals surface area contributed by atoms with Crippen LogP contribution >= 0.6 is 15.9 Å². The summed E-state index contributed by atoms with van der Waals surface area (Å²) in [5, 5.41) is 0. The summed E-state index contributed by atoms with van der Waals surface area (Å²) in [6, 6.07) is 6.84. The number of sulfonamides is 1. The Morgan fingerprint density at radius 1 is 1.32 bits per heavy atom. The molecule has 4 nitrogen and oxygen atoms in total. The van der Waals surface area contributed by atoms with Gasteiger partial charge in [-0.1, -0.05) is 22.0 Å². The maximum absolute atomic E-state index is 12.4. The molecular formula is C13H19BrN2O2S. The van der Waals surface area contributed by atoms with Crippen LogP contribution in [0.3, 0.4) is 0 Å². The summed E-state index contributed by atoms with van der Waals surface area (Å²) in [5.41, 5.74) is 0. The summed E-state index contributed by atoms with van der Waals surface area (Å²) in [7, 11) is -1.73. The van der Waals surface area contributed by atoms with Crippen molar-refractivity contribution in [2.24, 2.45) is 0 Å². The van der Waals surface area contributed by atoms with Crippen LogP contribution in [0.2, 0.25) is 0 Å². The lowest BCUT2D eigenvalue weighted by atomic mass is 10.4. The molecule has 0 saturated carbocycles. The van der Waals surface area contributed by atoms with Gasteiger partial charge >= 0.3 is 0 Å². The van der Waals surface area contributed by atoms with Gasteiger partial charge in [-0.15, -0.1) is 0 Å². The molecule has 1 aromatic carbocycles. The SMILES string of the molecule is CN(CCN1CCCC1)S(=O)(=O)c1cccc(Br)c1. The highest BCUT2D eigenvalue weighted by Crippen LogP contribution is 2.19. The molecule has 1 saturated heterocycles. The van der Waals surface area contributed by atoms with Gasteiger partial charge in [0.05, 0.1) is 4.90 Å². The summed E-state index contributed by atoms with van der Waals surface area (Å²) in [4.78, 5) is 2.65. The Kier molecular flexibility index (Phi) is 5.00. The topological polar surface area (TPSA) is 40.6 Å². The minimum Gasteiger partial charge on any atom is -0.302 e. The van der Waals surface area contributed by atoms with Gasteiger partial charge in [0, 0.05) is 24.6 Å². The maximum Gasteiger partial charge on any atom is 0.242 e. The number of hydrogen-bond donors (Lipinski definition) is 0. The summed E-state index contributed by atoms with van der Waals surface area (Å²) in [5.74, 6) is 0. The highest BCUT2D eigenvalue weighted by molar-refractivity contribution is 9.10. The van der Waals surface area contributed by atoms with E-state index >= 15 is 0 Å². The standard InChI is InChI=1S/C13H19BrN2O2S/c1-15(9-10-16-7-2-3-8-16)19(17,18)13-6-4-5-12(14)11-13/h4-6,11H,2-3,7-10H2,1H3. The van der Waals surface area contributed by atoms with Crippen LogP contribution in [0.1, 0.15) is 12.8 Å². The largest absolute Gasteiger partial charge is 0.302 e. The molecule has 2 rings (SSSR count). The van der Waals surface area contributed by atoms with E-state index in [1.807, 2.05) is 6.07 Å². The van der Waals surface area contributed by atoms with Gasteiger partial charge in [-0.05, 0) is 44.1 Å². The molecule has 1 aromatic rings. The van der Waals surface area contributed by atoms with Crippen LogP contribution in [0.4, 0.5) is 0 Å². The quantitative estimate of drug-likeness (QED) is 0.820. The minimum atomic E-state index is -3.38. The Bertz CT molecular complexity index is 527. The molecule has 6 heteroatoms. The number of hydrogen-bond acceptors (Lipinski definition) is 3. The Balaban J connectivity index is 2.02. The molecule has 0 aliphatic carbocycles. The lowest BCUT2D eigenvalue weighted by Gasteiger charge is -2.21. The zero-order valence-electron chi connectivity index (χ0n) is 11.0. The van der Waals surface area contributed by atoms with Crippen molar-refractivity contribution in [1.29, 1.82) is 0 Å². The molecular weight excluding hydrogens is 328 g/mol. The molecule has 0 N–H and O–H groups in total. The average molecular weight is 347 g/mol. The van der Waals surface area contributed by atoms with Gasteiger partial charge < -0.3 is 4.90 Å². The number of halogens is 1. The first kappa shape index (κ1) is 15.0. The van der Waals surface area contributed by atoms with Crippen molar-refractivity contribution in [2.45, 2.75) is 17.7 Å². The van der Waals surface area contributed by atoms with Gasteiger partial charge in [-0.2, -0.15) is 4.31 Å². The number of likely N-dealkylation sites (N-methyl/N-ethyl adjacent to an activating group) is 1. The lowest BCUT2D eigenvalue weighted by Crippen LogP contribution is -2.35. The maximum atomic E-state index is 12.4. The Morgan fingerprint density at radius 2 is 2.00 bits per heavy atom. The molecule has 1 heterocycles. The molecule has 1 aliphatic rings. The van der Waals surface area contributed by atoms with E-state index in [0.29, 0.717) is 11.4 Å². The number of rotatable bonds is 5. The van der Waals surface area contributed by atoms with E-state index in [9.17, 15) is 8.42 Å². The van der Waals surface area contributed by atoms with Crippen molar-refractivity contribution in [1.82, 2.24) is 9.21 Å². The summed E-state index contributed by atoms with van der Waals surface area (Å²) < 4.78 is 27.0. The molecule has 0 radical (unpaired) electrons. The third-order valence-corrected chi connectivity index (χ3v) is 5.78. The lowest BCUT2D eigenvalue weighted by molar-refractivity contribution is 0.310. The average Bonchev–Trinajstić information content (AvgIpc) is 2.89. The van der Waals surface area contributed by atoms with Crippen molar-refractivity contribution < 1.29 is 8.42 Å². The van der Waals surface area contributed by atoms with E-state index in [1.54, 1.807) is 25.2 Å². The van der Waals surface area contributed by atoms with Gasteiger partial charge in [0.15, 0.2) is 0 Å². The van der Waals surface area contributed by atoms with E-state index < -0.39 is 10.0 Å². The molecule has 0 aromatic heterocycles. The van der Waals surface area contributed by atoms with Crippen LogP contribution in [0.25, 0.3) is 0 Å². The fourth-order valence-electron chi connectivity index (χ4n) is 2.22. The second kappa shape index (κ2) is 6.35.